The molecule has 0 radical (unpaired) electrons. The molecule has 0 bridgehead atoms. The zero-order valence-electron chi connectivity index (χ0n) is 15.3. The van der Waals surface area contributed by atoms with Gasteiger partial charge in [0.2, 0.25) is 11.8 Å². The van der Waals surface area contributed by atoms with Gasteiger partial charge in [0.05, 0.1) is 16.6 Å². The van der Waals surface area contributed by atoms with Crippen LogP contribution in [0.2, 0.25) is 10.0 Å². The Bertz CT molecular complexity index is 850. The van der Waals surface area contributed by atoms with Crippen molar-refractivity contribution in [3.05, 3.63) is 63.6 Å². The van der Waals surface area contributed by atoms with Gasteiger partial charge in [-0.1, -0.05) is 61.3 Å². The monoisotopic (exact) mass is 404 g/mol. The van der Waals surface area contributed by atoms with Gasteiger partial charge in [-0.25, -0.2) is 0 Å². The van der Waals surface area contributed by atoms with E-state index in [0.29, 0.717) is 34.7 Å². The molecule has 1 N–H and O–H groups in total. The molecule has 1 aliphatic rings. The molecule has 1 fully saturated rings. The van der Waals surface area contributed by atoms with Gasteiger partial charge in [0.25, 0.3) is 0 Å². The van der Waals surface area contributed by atoms with Gasteiger partial charge in [0.1, 0.15) is 0 Å². The molecule has 0 aliphatic carbocycles. The Hall–Kier alpha value is -2.04. The van der Waals surface area contributed by atoms with Crippen LogP contribution in [-0.2, 0) is 16.1 Å². The third-order valence-electron chi connectivity index (χ3n) is 4.79. The molecule has 142 valence electrons. The van der Waals surface area contributed by atoms with Crippen molar-refractivity contribution in [2.24, 2.45) is 5.92 Å². The van der Waals surface area contributed by atoms with E-state index < -0.39 is 0 Å². The maximum absolute atomic E-state index is 12.5. The van der Waals surface area contributed by atoms with Crippen LogP contribution in [0.1, 0.15) is 37.3 Å². The summed E-state index contributed by atoms with van der Waals surface area (Å²) in [4.78, 5) is 26.6. The van der Waals surface area contributed by atoms with E-state index in [9.17, 15) is 9.59 Å². The summed E-state index contributed by atoms with van der Waals surface area (Å²) in [5, 5.41) is 3.68. The van der Waals surface area contributed by atoms with Crippen LogP contribution < -0.4 is 5.32 Å². The van der Waals surface area contributed by atoms with Crippen molar-refractivity contribution in [2.45, 2.75) is 32.7 Å². The number of amides is 2. The van der Waals surface area contributed by atoms with E-state index in [4.69, 9.17) is 23.2 Å². The maximum atomic E-state index is 12.5. The standard InChI is InChI=1S/C21H22Cl2N2O2/c1-13(2)15-5-3-14(4-6-15)11-25-12-16(9-20(25)26)21(27)24-19-8-7-17(22)10-18(19)23/h3-8,10,13,16H,9,11-12H2,1-2H3,(H,24,27)/t16-/m1/s1. The molecule has 2 aromatic rings. The summed E-state index contributed by atoms with van der Waals surface area (Å²) in [5.41, 5.74) is 2.83. The number of hydrogen-bond donors (Lipinski definition) is 1. The molecule has 3 rings (SSSR count). The average Bonchev–Trinajstić information content (AvgIpc) is 2.98. The van der Waals surface area contributed by atoms with Gasteiger partial charge in [-0.2, -0.15) is 0 Å². The third kappa shape index (κ3) is 4.82. The Morgan fingerprint density at radius 1 is 1.19 bits per heavy atom. The lowest BCUT2D eigenvalue weighted by molar-refractivity contribution is -0.128. The number of halogens is 2. The fraction of sp³-hybridized carbons (Fsp3) is 0.333. The van der Waals surface area contributed by atoms with Gasteiger partial charge in [0, 0.05) is 24.5 Å². The smallest absolute Gasteiger partial charge is 0.229 e. The van der Waals surface area contributed by atoms with Crippen LogP contribution in [0.25, 0.3) is 0 Å². The van der Waals surface area contributed by atoms with Crippen molar-refractivity contribution >= 4 is 40.7 Å². The van der Waals surface area contributed by atoms with Crippen molar-refractivity contribution in [1.82, 2.24) is 4.90 Å². The highest BCUT2D eigenvalue weighted by atomic mass is 35.5. The van der Waals surface area contributed by atoms with Crippen LogP contribution >= 0.6 is 23.2 Å². The number of nitrogens with one attached hydrogen (secondary N) is 1. The minimum absolute atomic E-state index is 0.00899. The van der Waals surface area contributed by atoms with Crippen LogP contribution in [0.4, 0.5) is 5.69 Å². The zero-order valence-corrected chi connectivity index (χ0v) is 16.8. The number of benzene rings is 2. The zero-order chi connectivity index (χ0) is 19.6. The first-order valence-corrected chi connectivity index (χ1v) is 9.71. The van der Waals surface area contributed by atoms with Gasteiger partial charge in [-0.15, -0.1) is 0 Å². The fourth-order valence-corrected chi connectivity index (χ4v) is 3.61. The largest absolute Gasteiger partial charge is 0.338 e. The van der Waals surface area contributed by atoms with E-state index in [0.717, 1.165) is 5.56 Å². The van der Waals surface area contributed by atoms with Crippen LogP contribution in [0.5, 0.6) is 0 Å². The number of likely N-dealkylation sites (tertiary alicyclic amines) is 1. The minimum Gasteiger partial charge on any atom is -0.338 e. The number of carbonyl (C=O) groups is 2. The summed E-state index contributed by atoms with van der Waals surface area (Å²) in [6.45, 7) is 5.22. The first kappa shape index (κ1) is 19.7. The Morgan fingerprint density at radius 2 is 1.89 bits per heavy atom. The minimum atomic E-state index is -0.390. The highest BCUT2D eigenvalue weighted by Crippen LogP contribution is 2.28. The van der Waals surface area contributed by atoms with Gasteiger partial charge < -0.3 is 10.2 Å². The first-order chi connectivity index (χ1) is 12.8. The Morgan fingerprint density at radius 3 is 2.52 bits per heavy atom. The molecule has 0 unspecified atom stereocenters. The summed E-state index contributed by atoms with van der Waals surface area (Å²) < 4.78 is 0. The topological polar surface area (TPSA) is 49.4 Å². The number of anilines is 1. The van der Waals surface area contributed by atoms with Crippen molar-refractivity contribution in [1.29, 1.82) is 0 Å². The van der Waals surface area contributed by atoms with Crippen molar-refractivity contribution in [3.63, 3.8) is 0 Å². The second-order valence-corrected chi connectivity index (χ2v) is 8.03. The third-order valence-corrected chi connectivity index (χ3v) is 5.34. The molecule has 1 aliphatic heterocycles. The van der Waals surface area contributed by atoms with Crippen LogP contribution in [0.3, 0.4) is 0 Å². The molecular weight excluding hydrogens is 383 g/mol. The SMILES string of the molecule is CC(C)c1ccc(CN2C[C@H](C(=O)Nc3ccc(Cl)cc3Cl)CC2=O)cc1. The molecule has 1 heterocycles. The van der Waals surface area contributed by atoms with Gasteiger partial charge in [-0.05, 0) is 35.2 Å². The molecule has 0 saturated carbocycles. The highest BCUT2D eigenvalue weighted by molar-refractivity contribution is 6.36. The normalized spacial score (nSPS) is 16.9. The van der Waals surface area contributed by atoms with E-state index in [-0.39, 0.29) is 24.2 Å². The van der Waals surface area contributed by atoms with Crippen molar-refractivity contribution < 1.29 is 9.59 Å². The predicted octanol–water partition coefficient (Wildman–Crippen LogP) is 5.10. The van der Waals surface area contributed by atoms with E-state index in [2.05, 4.69) is 31.3 Å². The highest BCUT2D eigenvalue weighted by Gasteiger charge is 2.34. The van der Waals surface area contributed by atoms with E-state index in [1.807, 2.05) is 12.1 Å². The number of hydrogen-bond acceptors (Lipinski definition) is 2. The Labute approximate surface area is 169 Å². The molecule has 0 spiro atoms. The van der Waals surface area contributed by atoms with E-state index in [1.165, 1.54) is 5.56 Å². The Balaban J connectivity index is 1.61. The summed E-state index contributed by atoms with van der Waals surface area (Å²) in [7, 11) is 0. The molecule has 2 aromatic carbocycles. The van der Waals surface area contributed by atoms with Crippen LogP contribution in [0, 0.1) is 5.92 Å². The molecular formula is C21H22Cl2N2O2. The molecule has 4 nitrogen and oxygen atoms in total. The average molecular weight is 405 g/mol. The second-order valence-electron chi connectivity index (χ2n) is 7.19. The van der Waals surface area contributed by atoms with Crippen LogP contribution in [-0.4, -0.2) is 23.3 Å². The molecule has 27 heavy (non-hydrogen) atoms. The predicted molar refractivity (Wildman–Crippen MR) is 109 cm³/mol. The van der Waals surface area contributed by atoms with E-state index >= 15 is 0 Å². The van der Waals surface area contributed by atoms with E-state index in [1.54, 1.807) is 23.1 Å². The van der Waals surface area contributed by atoms with Crippen LogP contribution in [0.15, 0.2) is 42.5 Å². The maximum Gasteiger partial charge on any atom is 0.229 e. The molecule has 1 atom stereocenters. The summed E-state index contributed by atoms with van der Waals surface area (Å²) in [5.74, 6) is -0.130. The fourth-order valence-electron chi connectivity index (χ4n) is 3.15. The summed E-state index contributed by atoms with van der Waals surface area (Å²) >= 11 is 12.0. The lowest BCUT2D eigenvalue weighted by Crippen LogP contribution is -2.28. The van der Waals surface area contributed by atoms with Crippen molar-refractivity contribution in [3.8, 4) is 0 Å². The summed E-state index contributed by atoms with van der Waals surface area (Å²) in [6, 6.07) is 13.2. The van der Waals surface area contributed by atoms with Crippen molar-refractivity contribution in [2.75, 3.05) is 11.9 Å². The Kier molecular flexibility index (Phi) is 6.08. The molecule has 2 amide bonds. The molecule has 6 heteroatoms. The van der Waals surface area contributed by atoms with Gasteiger partial charge >= 0.3 is 0 Å². The lowest BCUT2D eigenvalue weighted by atomic mass is 10.0. The molecule has 0 aromatic heterocycles. The lowest BCUT2D eigenvalue weighted by Gasteiger charge is -2.17. The summed E-state index contributed by atoms with van der Waals surface area (Å²) in [6.07, 6.45) is 0.209. The van der Waals surface area contributed by atoms with Gasteiger partial charge in [0.15, 0.2) is 0 Å². The second kappa shape index (κ2) is 8.32. The number of nitrogens with zero attached hydrogens (tertiary/aromatic N) is 1. The first-order valence-electron chi connectivity index (χ1n) is 8.96. The molecule has 1 saturated heterocycles. The quantitative estimate of drug-likeness (QED) is 0.752. The number of rotatable bonds is 5. The number of carbonyl (C=O) groups excluding carboxylic acids is 2. The van der Waals surface area contributed by atoms with Gasteiger partial charge in [-0.3, -0.25) is 9.59 Å².